The number of aliphatic carboxylic acids is 1. The quantitative estimate of drug-likeness (QED) is 0.381. The molecule has 1 saturated carbocycles. The second-order valence-corrected chi connectivity index (χ2v) is 2.77. The Morgan fingerprint density at radius 2 is 2.17 bits per heavy atom. The maximum Gasteiger partial charge on any atom is 0.323 e. The Hall–Kier alpha value is -1.32. The predicted molar refractivity (Wildman–Crippen MR) is 40.5 cm³/mol. The zero-order chi connectivity index (χ0) is 9.19. The average molecular weight is 170 g/mol. The molecule has 0 aliphatic heterocycles. The Morgan fingerprint density at radius 1 is 1.58 bits per heavy atom. The van der Waals surface area contributed by atoms with Gasteiger partial charge in [0.25, 0.3) is 0 Å². The summed E-state index contributed by atoms with van der Waals surface area (Å²) in [5.74, 6) is -1.73. The van der Waals surface area contributed by atoms with E-state index < -0.39 is 17.4 Å². The number of rotatable bonds is 4. The SMILES string of the molecule is C=CCOC(=O)C1(C(=O)O)CC1. The van der Waals surface area contributed by atoms with Gasteiger partial charge in [0, 0.05) is 0 Å². The van der Waals surface area contributed by atoms with Crippen molar-refractivity contribution < 1.29 is 19.4 Å². The number of carboxylic acid groups (broad SMARTS) is 1. The van der Waals surface area contributed by atoms with Crippen LogP contribution in [0.3, 0.4) is 0 Å². The molecule has 66 valence electrons. The van der Waals surface area contributed by atoms with E-state index in [-0.39, 0.29) is 6.61 Å². The first-order chi connectivity index (χ1) is 5.63. The lowest BCUT2D eigenvalue weighted by Crippen LogP contribution is -2.27. The van der Waals surface area contributed by atoms with Crippen molar-refractivity contribution in [3.05, 3.63) is 12.7 Å². The van der Waals surface area contributed by atoms with Crippen molar-refractivity contribution in [3.8, 4) is 0 Å². The van der Waals surface area contributed by atoms with E-state index in [0.29, 0.717) is 12.8 Å². The highest BCUT2D eigenvalue weighted by molar-refractivity contribution is 6.02. The summed E-state index contributed by atoms with van der Waals surface area (Å²) in [6, 6.07) is 0. The molecule has 12 heavy (non-hydrogen) atoms. The van der Waals surface area contributed by atoms with E-state index in [0.717, 1.165) is 0 Å². The Bertz CT molecular complexity index is 227. The molecule has 0 amide bonds. The van der Waals surface area contributed by atoms with Crippen molar-refractivity contribution in [3.63, 3.8) is 0 Å². The first-order valence-corrected chi connectivity index (χ1v) is 3.65. The van der Waals surface area contributed by atoms with Crippen LogP contribution >= 0.6 is 0 Å². The van der Waals surface area contributed by atoms with E-state index in [1.54, 1.807) is 0 Å². The van der Waals surface area contributed by atoms with E-state index in [9.17, 15) is 9.59 Å². The van der Waals surface area contributed by atoms with Crippen molar-refractivity contribution in [2.24, 2.45) is 5.41 Å². The van der Waals surface area contributed by atoms with Gasteiger partial charge >= 0.3 is 11.9 Å². The molecule has 1 fully saturated rings. The summed E-state index contributed by atoms with van der Waals surface area (Å²) in [6.45, 7) is 3.43. The Labute approximate surface area is 69.8 Å². The van der Waals surface area contributed by atoms with E-state index in [4.69, 9.17) is 5.11 Å². The fourth-order valence-electron chi connectivity index (χ4n) is 0.903. The first-order valence-electron chi connectivity index (χ1n) is 3.65. The molecule has 1 N–H and O–H groups in total. The van der Waals surface area contributed by atoms with Crippen molar-refractivity contribution in [2.75, 3.05) is 6.61 Å². The summed E-state index contributed by atoms with van der Waals surface area (Å²) in [7, 11) is 0. The molecule has 1 rings (SSSR count). The van der Waals surface area contributed by atoms with Crippen molar-refractivity contribution in [1.29, 1.82) is 0 Å². The Morgan fingerprint density at radius 3 is 2.50 bits per heavy atom. The van der Waals surface area contributed by atoms with Gasteiger partial charge in [0.2, 0.25) is 0 Å². The molecular weight excluding hydrogens is 160 g/mol. The molecule has 0 unspecified atom stereocenters. The fourth-order valence-corrected chi connectivity index (χ4v) is 0.903. The van der Waals surface area contributed by atoms with E-state index in [2.05, 4.69) is 11.3 Å². The van der Waals surface area contributed by atoms with Gasteiger partial charge in [0.1, 0.15) is 6.61 Å². The van der Waals surface area contributed by atoms with Crippen molar-refractivity contribution >= 4 is 11.9 Å². The molecule has 0 bridgehead atoms. The molecule has 4 nitrogen and oxygen atoms in total. The van der Waals surface area contributed by atoms with Crippen LogP contribution in [0.2, 0.25) is 0 Å². The number of carbonyl (C=O) groups is 2. The van der Waals surface area contributed by atoms with Gasteiger partial charge in [-0.1, -0.05) is 12.7 Å². The molecule has 0 radical (unpaired) electrons. The summed E-state index contributed by atoms with van der Waals surface area (Å²) < 4.78 is 4.64. The molecule has 0 aromatic rings. The predicted octanol–water partition coefficient (Wildman–Crippen LogP) is 0.580. The maximum atomic E-state index is 11.1. The van der Waals surface area contributed by atoms with Crippen LogP contribution in [0, 0.1) is 5.41 Å². The third kappa shape index (κ3) is 1.32. The van der Waals surface area contributed by atoms with Gasteiger partial charge in [-0.3, -0.25) is 9.59 Å². The summed E-state index contributed by atoms with van der Waals surface area (Å²) in [6.07, 6.45) is 2.19. The van der Waals surface area contributed by atoms with E-state index in [1.165, 1.54) is 6.08 Å². The maximum absolute atomic E-state index is 11.1. The highest BCUT2D eigenvalue weighted by Crippen LogP contribution is 2.46. The third-order valence-corrected chi connectivity index (χ3v) is 1.88. The van der Waals surface area contributed by atoms with Gasteiger partial charge in [-0.25, -0.2) is 0 Å². The van der Waals surface area contributed by atoms with Gasteiger partial charge in [-0.05, 0) is 12.8 Å². The topological polar surface area (TPSA) is 63.6 Å². The summed E-state index contributed by atoms with van der Waals surface area (Å²) in [4.78, 5) is 21.6. The molecule has 0 heterocycles. The van der Waals surface area contributed by atoms with Crippen molar-refractivity contribution in [1.82, 2.24) is 0 Å². The summed E-state index contributed by atoms with van der Waals surface area (Å²) in [5, 5.41) is 8.65. The minimum atomic E-state index is -1.23. The van der Waals surface area contributed by atoms with Crippen LogP contribution < -0.4 is 0 Å². The zero-order valence-electron chi connectivity index (χ0n) is 6.58. The molecule has 0 aromatic carbocycles. The van der Waals surface area contributed by atoms with Crippen LogP contribution in [0.1, 0.15) is 12.8 Å². The minimum absolute atomic E-state index is 0.0772. The van der Waals surface area contributed by atoms with Gasteiger partial charge < -0.3 is 9.84 Å². The lowest BCUT2D eigenvalue weighted by molar-refractivity contribution is -0.160. The average Bonchev–Trinajstić information content (AvgIpc) is 2.80. The lowest BCUT2D eigenvalue weighted by Gasteiger charge is -2.07. The number of carbonyl (C=O) groups excluding carboxylic acids is 1. The molecule has 0 aromatic heterocycles. The number of hydrogen-bond acceptors (Lipinski definition) is 3. The molecule has 1 aliphatic rings. The summed E-state index contributed by atoms with van der Waals surface area (Å²) >= 11 is 0. The third-order valence-electron chi connectivity index (χ3n) is 1.88. The molecule has 4 heteroatoms. The Balaban J connectivity index is 2.52. The highest BCUT2D eigenvalue weighted by Gasteiger charge is 2.58. The van der Waals surface area contributed by atoms with Crippen LogP contribution in [0.15, 0.2) is 12.7 Å². The van der Waals surface area contributed by atoms with Crippen LogP contribution in [0.5, 0.6) is 0 Å². The normalized spacial score (nSPS) is 18.0. The highest BCUT2D eigenvalue weighted by atomic mass is 16.5. The Kier molecular flexibility index (Phi) is 2.17. The number of ether oxygens (including phenoxy) is 1. The minimum Gasteiger partial charge on any atom is -0.480 e. The van der Waals surface area contributed by atoms with Crippen LogP contribution in [0.4, 0.5) is 0 Å². The van der Waals surface area contributed by atoms with E-state index >= 15 is 0 Å². The number of carboxylic acids is 1. The second kappa shape index (κ2) is 2.97. The lowest BCUT2D eigenvalue weighted by atomic mass is 10.1. The van der Waals surface area contributed by atoms with Crippen LogP contribution in [0.25, 0.3) is 0 Å². The zero-order valence-corrected chi connectivity index (χ0v) is 6.58. The molecule has 0 atom stereocenters. The van der Waals surface area contributed by atoms with Gasteiger partial charge in [0.05, 0.1) is 0 Å². The first kappa shape index (κ1) is 8.77. The summed E-state index contributed by atoms with van der Waals surface area (Å²) in [5.41, 5.74) is -1.23. The van der Waals surface area contributed by atoms with Crippen molar-refractivity contribution in [2.45, 2.75) is 12.8 Å². The molecular formula is C8H10O4. The smallest absolute Gasteiger partial charge is 0.323 e. The van der Waals surface area contributed by atoms with Crippen LogP contribution in [-0.2, 0) is 14.3 Å². The van der Waals surface area contributed by atoms with Gasteiger partial charge in [0.15, 0.2) is 5.41 Å². The second-order valence-electron chi connectivity index (χ2n) is 2.77. The standard InChI is InChI=1S/C8H10O4/c1-2-5-12-7(11)8(3-4-8)6(9)10/h2H,1,3-5H2,(H,9,10). The molecule has 0 spiro atoms. The van der Waals surface area contributed by atoms with E-state index in [1.807, 2.05) is 0 Å². The van der Waals surface area contributed by atoms with Gasteiger partial charge in [-0.15, -0.1) is 0 Å². The molecule has 1 aliphatic carbocycles. The number of esters is 1. The van der Waals surface area contributed by atoms with Gasteiger partial charge in [-0.2, -0.15) is 0 Å². The molecule has 0 saturated heterocycles. The largest absolute Gasteiger partial charge is 0.480 e. The van der Waals surface area contributed by atoms with Crippen LogP contribution in [-0.4, -0.2) is 23.7 Å². The number of hydrogen-bond donors (Lipinski definition) is 1. The monoisotopic (exact) mass is 170 g/mol. The fraction of sp³-hybridized carbons (Fsp3) is 0.500.